The molecule has 1 aliphatic rings. The lowest BCUT2D eigenvalue weighted by molar-refractivity contribution is -0.141. The van der Waals surface area contributed by atoms with Gasteiger partial charge < -0.3 is 4.74 Å². The van der Waals surface area contributed by atoms with Gasteiger partial charge >= 0.3 is 0 Å². The molecule has 0 bridgehead atoms. The molecule has 3 rings (SSSR count). The van der Waals surface area contributed by atoms with Crippen molar-refractivity contribution < 1.29 is 14.3 Å². The number of nitrogens with zero attached hydrogens (tertiary/aromatic N) is 2. The Morgan fingerprint density at radius 2 is 1.78 bits per heavy atom. The predicted octanol–water partition coefficient (Wildman–Crippen LogP) is 5.70. The van der Waals surface area contributed by atoms with Gasteiger partial charge in [0.25, 0.3) is 11.8 Å². The van der Waals surface area contributed by atoms with Crippen LogP contribution in [-0.4, -0.2) is 23.3 Å². The Morgan fingerprint density at radius 1 is 1.06 bits per heavy atom. The van der Waals surface area contributed by atoms with Crippen LogP contribution in [0.2, 0.25) is 5.02 Å². The second kappa shape index (κ2) is 10.8. The average molecular weight is 449 g/mol. The van der Waals surface area contributed by atoms with Crippen molar-refractivity contribution in [1.29, 1.82) is 5.26 Å². The van der Waals surface area contributed by atoms with Crippen molar-refractivity contribution in [2.45, 2.75) is 39.7 Å². The molecule has 6 heteroatoms. The van der Waals surface area contributed by atoms with Crippen LogP contribution in [-0.2, 0) is 16.1 Å². The van der Waals surface area contributed by atoms with E-state index in [1.54, 1.807) is 37.3 Å². The summed E-state index contributed by atoms with van der Waals surface area (Å²) in [5.74, 6) is -0.298. The molecular weight excluding hydrogens is 424 g/mol. The van der Waals surface area contributed by atoms with Gasteiger partial charge in [0.05, 0.1) is 13.2 Å². The molecule has 0 aromatic heterocycles. The van der Waals surface area contributed by atoms with E-state index in [4.69, 9.17) is 16.3 Å². The normalized spacial score (nSPS) is 15.3. The van der Waals surface area contributed by atoms with E-state index < -0.39 is 11.8 Å². The van der Waals surface area contributed by atoms with Gasteiger partial charge in [-0.15, -0.1) is 0 Å². The molecule has 1 aliphatic heterocycles. The summed E-state index contributed by atoms with van der Waals surface area (Å²) in [6.07, 6.45) is 4.97. The van der Waals surface area contributed by atoms with Crippen molar-refractivity contribution in [1.82, 2.24) is 4.90 Å². The smallest absolute Gasteiger partial charge is 0.271 e. The van der Waals surface area contributed by atoms with Crippen molar-refractivity contribution in [3.8, 4) is 11.8 Å². The van der Waals surface area contributed by atoms with Crippen LogP contribution in [0.25, 0.3) is 6.08 Å². The first kappa shape index (κ1) is 23.3. The first-order chi connectivity index (χ1) is 15.5. The Kier molecular flexibility index (Phi) is 7.86. The Bertz CT molecular complexity index is 1110. The molecule has 0 radical (unpaired) electrons. The average Bonchev–Trinajstić information content (AvgIpc) is 2.79. The lowest BCUT2D eigenvalue weighted by atomic mass is 9.93. The van der Waals surface area contributed by atoms with Gasteiger partial charge in [0, 0.05) is 10.6 Å². The number of imide groups is 1. The Balaban J connectivity index is 1.87. The second-order valence-corrected chi connectivity index (χ2v) is 7.99. The number of carbonyl (C=O) groups excluding carboxylic acids is 2. The van der Waals surface area contributed by atoms with Gasteiger partial charge in [0.1, 0.15) is 17.4 Å². The van der Waals surface area contributed by atoms with Gasteiger partial charge in [0.15, 0.2) is 0 Å². The highest BCUT2D eigenvalue weighted by atomic mass is 35.5. The number of benzene rings is 2. The van der Waals surface area contributed by atoms with Crippen molar-refractivity contribution in [2.24, 2.45) is 0 Å². The van der Waals surface area contributed by atoms with E-state index in [2.05, 4.69) is 6.92 Å². The standard InChI is InChI=1S/C26H25ClN2O3/c1-3-4-7-14-32-21-12-10-19(11-13-21)15-22-18(2)23(16-28)26(31)29(25(22)30)17-20-8-5-6-9-24(20)27/h5-6,8-13,15H,3-4,7,14,17H2,1-2H3/b22-15+. The van der Waals surface area contributed by atoms with Crippen LogP contribution in [0.3, 0.4) is 0 Å². The third-order valence-electron chi connectivity index (χ3n) is 5.32. The highest BCUT2D eigenvalue weighted by Gasteiger charge is 2.35. The van der Waals surface area contributed by atoms with E-state index in [1.807, 2.05) is 30.3 Å². The number of hydrogen-bond donors (Lipinski definition) is 0. The number of amides is 2. The molecule has 0 atom stereocenters. The molecule has 2 aromatic rings. The number of carbonyl (C=O) groups is 2. The van der Waals surface area contributed by atoms with Crippen LogP contribution >= 0.6 is 11.6 Å². The minimum Gasteiger partial charge on any atom is -0.494 e. The fourth-order valence-electron chi connectivity index (χ4n) is 3.44. The fourth-order valence-corrected chi connectivity index (χ4v) is 3.63. The Labute approximate surface area is 193 Å². The molecule has 0 N–H and O–H groups in total. The van der Waals surface area contributed by atoms with E-state index in [0.29, 0.717) is 28.3 Å². The van der Waals surface area contributed by atoms with E-state index in [1.165, 1.54) is 0 Å². The highest BCUT2D eigenvalue weighted by molar-refractivity contribution is 6.31. The molecule has 0 unspecified atom stereocenters. The molecule has 164 valence electrons. The highest BCUT2D eigenvalue weighted by Crippen LogP contribution is 2.29. The van der Waals surface area contributed by atoms with Crippen molar-refractivity contribution in [3.05, 3.63) is 81.4 Å². The first-order valence-corrected chi connectivity index (χ1v) is 11.0. The van der Waals surface area contributed by atoms with Gasteiger partial charge in [-0.2, -0.15) is 5.26 Å². The van der Waals surface area contributed by atoms with Gasteiger partial charge in [-0.1, -0.05) is 61.7 Å². The minimum atomic E-state index is -0.608. The summed E-state index contributed by atoms with van der Waals surface area (Å²) in [5.41, 5.74) is 2.05. The number of ether oxygens (including phenoxy) is 1. The zero-order valence-corrected chi connectivity index (χ0v) is 19.0. The summed E-state index contributed by atoms with van der Waals surface area (Å²) in [7, 11) is 0. The van der Waals surface area contributed by atoms with E-state index in [-0.39, 0.29) is 12.1 Å². The SMILES string of the molecule is CCCCCOc1ccc(/C=C2/C(=O)N(Cc3ccccc3Cl)C(=O)C(C#N)=C2C)cc1. The van der Waals surface area contributed by atoms with Crippen molar-refractivity contribution in [2.75, 3.05) is 6.61 Å². The predicted molar refractivity (Wildman–Crippen MR) is 125 cm³/mol. The molecular formula is C26H25ClN2O3. The minimum absolute atomic E-state index is 0.00230. The van der Waals surface area contributed by atoms with Crippen LogP contribution in [0.1, 0.15) is 44.2 Å². The first-order valence-electron chi connectivity index (χ1n) is 10.6. The molecule has 0 fully saturated rings. The maximum atomic E-state index is 13.2. The zero-order chi connectivity index (χ0) is 23.1. The summed E-state index contributed by atoms with van der Waals surface area (Å²) in [5, 5.41) is 10.0. The van der Waals surface area contributed by atoms with E-state index in [0.717, 1.165) is 35.5 Å². The van der Waals surface area contributed by atoms with Gasteiger partial charge in [-0.3, -0.25) is 14.5 Å². The summed E-state index contributed by atoms with van der Waals surface area (Å²) in [4.78, 5) is 27.1. The number of halogens is 1. The third kappa shape index (κ3) is 5.27. The van der Waals surface area contributed by atoms with Crippen LogP contribution in [0, 0.1) is 11.3 Å². The number of unbranched alkanes of at least 4 members (excludes halogenated alkanes) is 2. The maximum Gasteiger partial charge on any atom is 0.271 e. The summed E-state index contributed by atoms with van der Waals surface area (Å²) >= 11 is 6.22. The largest absolute Gasteiger partial charge is 0.494 e. The Morgan fingerprint density at radius 3 is 2.44 bits per heavy atom. The molecule has 0 aliphatic carbocycles. The zero-order valence-electron chi connectivity index (χ0n) is 18.2. The molecule has 2 amide bonds. The molecule has 0 spiro atoms. The number of hydrogen-bond acceptors (Lipinski definition) is 4. The summed E-state index contributed by atoms with van der Waals surface area (Å²) in [6.45, 7) is 4.43. The molecule has 0 saturated carbocycles. The van der Waals surface area contributed by atoms with Crippen LogP contribution in [0.15, 0.2) is 65.3 Å². The van der Waals surface area contributed by atoms with E-state index >= 15 is 0 Å². The lowest BCUT2D eigenvalue weighted by Gasteiger charge is -2.27. The molecule has 5 nitrogen and oxygen atoms in total. The van der Waals surface area contributed by atoms with Crippen LogP contribution in [0.5, 0.6) is 5.75 Å². The quantitative estimate of drug-likeness (QED) is 0.295. The van der Waals surface area contributed by atoms with E-state index in [9.17, 15) is 14.9 Å². The van der Waals surface area contributed by atoms with Crippen LogP contribution < -0.4 is 4.74 Å². The van der Waals surface area contributed by atoms with Crippen molar-refractivity contribution in [3.63, 3.8) is 0 Å². The second-order valence-electron chi connectivity index (χ2n) is 7.58. The molecule has 32 heavy (non-hydrogen) atoms. The van der Waals surface area contributed by atoms with Crippen LogP contribution in [0.4, 0.5) is 0 Å². The Hall–Kier alpha value is -3.36. The molecule has 2 aromatic carbocycles. The fraction of sp³-hybridized carbons (Fsp3) is 0.269. The molecule has 1 heterocycles. The monoisotopic (exact) mass is 448 g/mol. The van der Waals surface area contributed by atoms with Gasteiger partial charge in [-0.05, 0) is 54.3 Å². The topological polar surface area (TPSA) is 70.4 Å². The molecule has 0 saturated heterocycles. The van der Waals surface area contributed by atoms with Gasteiger partial charge in [0.2, 0.25) is 0 Å². The number of rotatable bonds is 8. The lowest BCUT2D eigenvalue weighted by Crippen LogP contribution is -2.42. The number of nitriles is 1. The summed E-state index contributed by atoms with van der Waals surface area (Å²) in [6, 6.07) is 16.4. The van der Waals surface area contributed by atoms with Gasteiger partial charge in [-0.25, -0.2) is 0 Å². The third-order valence-corrected chi connectivity index (χ3v) is 5.69. The van der Waals surface area contributed by atoms with Crippen molar-refractivity contribution >= 4 is 29.5 Å². The maximum absolute atomic E-state index is 13.2. The summed E-state index contributed by atoms with van der Waals surface area (Å²) < 4.78 is 5.73.